The second-order valence-electron chi connectivity index (χ2n) is 7.30. The van der Waals surface area contributed by atoms with Gasteiger partial charge in [0.1, 0.15) is 0 Å². The molecular formula is C26H23N3O3. The van der Waals surface area contributed by atoms with Crippen molar-refractivity contribution in [1.82, 2.24) is 10.3 Å². The van der Waals surface area contributed by atoms with E-state index in [0.717, 1.165) is 16.8 Å². The predicted molar refractivity (Wildman–Crippen MR) is 122 cm³/mol. The van der Waals surface area contributed by atoms with Crippen molar-refractivity contribution in [3.8, 4) is 0 Å². The van der Waals surface area contributed by atoms with E-state index in [1.54, 1.807) is 23.2 Å². The molecule has 2 aromatic heterocycles. The Hall–Kier alpha value is -4.19. The van der Waals surface area contributed by atoms with Gasteiger partial charge in [0.25, 0.3) is 5.91 Å². The van der Waals surface area contributed by atoms with Crippen LogP contribution in [0.1, 0.15) is 27.4 Å². The Labute approximate surface area is 186 Å². The minimum absolute atomic E-state index is 0.111. The number of nitrogens with one attached hydrogen (secondary N) is 1. The lowest BCUT2D eigenvalue weighted by atomic mass is 10.1. The van der Waals surface area contributed by atoms with Crippen LogP contribution in [0, 0.1) is 0 Å². The molecular weight excluding hydrogens is 402 g/mol. The molecule has 160 valence electrons. The van der Waals surface area contributed by atoms with Gasteiger partial charge in [-0.15, -0.1) is 0 Å². The summed E-state index contributed by atoms with van der Waals surface area (Å²) in [5, 5.41) is 2.88. The van der Waals surface area contributed by atoms with E-state index >= 15 is 0 Å². The molecule has 1 N–H and O–H groups in total. The lowest BCUT2D eigenvalue weighted by Crippen LogP contribution is -2.30. The summed E-state index contributed by atoms with van der Waals surface area (Å²) in [5.74, 6) is -0.0881. The molecule has 0 aliphatic rings. The van der Waals surface area contributed by atoms with Crippen molar-refractivity contribution >= 4 is 17.5 Å². The van der Waals surface area contributed by atoms with Crippen LogP contribution in [-0.2, 0) is 24.3 Å². The van der Waals surface area contributed by atoms with Gasteiger partial charge < -0.3 is 14.6 Å². The third-order valence-electron chi connectivity index (χ3n) is 4.94. The maximum Gasteiger partial charge on any atom is 0.294 e. The topological polar surface area (TPSA) is 75.4 Å². The Balaban J connectivity index is 1.51. The number of amides is 2. The van der Waals surface area contributed by atoms with Crippen LogP contribution in [0.25, 0.3) is 0 Å². The lowest BCUT2D eigenvalue weighted by molar-refractivity contribution is -0.120. The molecule has 0 bridgehead atoms. The van der Waals surface area contributed by atoms with Crippen LogP contribution in [0.5, 0.6) is 0 Å². The minimum Gasteiger partial charge on any atom is -0.459 e. The van der Waals surface area contributed by atoms with Crippen LogP contribution < -0.4 is 10.2 Å². The molecule has 0 saturated carbocycles. The number of carbonyl (C=O) groups excluding carboxylic acids is 2. The second-order valence-corrected chi connectivity index (χ2v) is 7.30. The van der Waals surface area contributed by atoms with E-state index in [-0.39, 0.29) is 24.0 Å². The summed E-state index contributed by atoms with van der Waals surface area (Å²) in [6.45, 7) is 0.756. The van der Waals surface area contributed by atoms with E-state index in [2.05, 4.69) is 10.3 Å². The number of benzene rings is 2. The molecule has 0 saturated heterocycles. The number of hydrogen-bond acceptors (Lipinski definition) is 4. The quantitative estimate of drug-likeness (QED) is 0.455. The first-order chi connectivity index (χ1) is 15.7. The molecule has 2 amide bonds. The summed E-state index contributed by atoms with van der Waals surface area (Å²) < 4.78 is 5.34. The van der Waals surface area contributed by atoms with Gasteiger partial charge in [0.2, 0.25) is 5.91 Å². The Kier molecular flexibility index (Phi) is 6.72. The first kappa shape index (κ1) is 21.1. The van der Waals surface area contributed by atoms with E-state index in [4.69, 9.17) is 4.42 Å². The average molecular weight is 425 g/mol. The monoisotopic (exact) mass is 425 g/mol. The van der Waals surface area contributed by atoms with E-state index in [0.29, 0.717) is 18.8 Å². The average Bonchev–Trinajstić information content (AvgIpc) is 3.37. The van der Waals surface area contributed by atoms with Gasteiger partial charge in [-0.2, -0.15) is 0 Å². The molecule has 0 fully saturated rings. The summed E-state index contributed by atoms with van der Waals surface area (Å²) in [5.41, 5.74) is 3.30. The summed E-state index contributed by atoms with van der Waals surface area (Å²) in [6.07, 6.45) is 3.38. The molecule has 2 aromatic carbocycles. The number of pyridine rings is 1. The highest BCUT2D eigenvalue weighted by Gasteiger charge is 2.21. The Morgan fingerprint density at radius 3 is 2.44 bits per heavy atom. The Morgan fingerprint density at radius 1 is 0.875 bits per heavy atom. The van der Waals surface area contributed by atoms with Crippen LogP contribution >= 0.6 is 0 Å². The van der Waals surface area contributed by atoms with Gasteiger partial charge in [-0.3, -0.25) is 14.6 Å². The van der Waals surface area contributed by atoms with Crippen molar-refractivity contribution in [2.75, 3.05) is 4.90 Å². The van der Waals surface area contributed by atoms with Gasteiger partial charge in [0, 0.05) is 11.9 Å². The van der Waals surface area contributed by atoms with Gasteiger partial charge in [0.05, 0.1) is 31.5 Å². The molecule has 0 radical (unpaired) electrons. The molecule has 4 rings (SSSR count). The van der Waals surface area contributed by atoms with Gasteiger partial charge in [-0.25, -0.2) is 0 Å². The van der Waals surface area contributed by atoms with E-state index in [1.807, 2.05) is 72.8 Å². The molecule has 0 aliphatic carbocycles. The molecule has 6 nitrogen and oxygen atoms in total. The predicted octanol–water partition coefficient (Wildman–Crippen LogP) is 4.38. The van der Waals surface area contributed by atoms with E-state index in [1.165, 1.54) is 6.26 Å². The van der Waals surface area contributed by atoms with Gasteiger partial charge >= 0.3 is 0 Å². The van der Waals surface area contributed by atoms with E-state index in [9.17, 15) is 9.59 Å². The third-order valence-corrected chi connectivity index (χ3v) is 4.94. The summed E-state index contributed by atoms with van der Waals surface area (Å²) in [4.78, 5) is 31.5. The molecule has 0 atom stereocenters. The molecule has 32 heavy (non-hydrogen) atoms. The zero-order valence-corrected chi connectivity index (χ0v) is 17.5. The first-order valence-corrected chi connectivity index (χ1v) is 10.3. The van der Waals surface area contributed by atoms with Crippen molar-refractivity contribution in [2.45, 2.75) is 19.5 Å². The number of hydrogen-bond donors (Lipinski definition) is 1. The van der Waals surface area contributed by atoms with Crippen LogP contribution in [0.15, 0.2) is 102 Å². The Morgan fingerprint density at radius 2 is 1.69 bits per heavy atom. The highest BCUT2D eigenvalue weighted by molar-refractivity contribution is 6.04. The van der Waals surface area contributed by atoms with Gasteiger partial charge in [0.15, 0.2) is 5.76 Å². The summed E-state index contributed by atoms with van der Waals surface area (Å²) >= 11 is 0. The fourth-order valence-electron chi connectivity index (χ4n) is 3.35. The van der Waals surface area contributed by atoms with Crippen LogP contribution in [0.3, 0.4) is 0 Å². The smallest absolute Gasteiger partial charge is 0.294 e. The number of carbonyl (C=O) groups is 2. The van der Waals surface area contributed by atoms with Crippen molar-refractivity contribution < 1.29 is 14.0 Å². The van der Waals surface area contributed by atoms with Crippen LogP contribution in [0.4, 0.5) is 5.69 Å². The van der Waals surface area contributed by atoms with Crippen molar-refractivity contribution in [3.63, 3.8) is 0 Å². The number of nitrogens with zero attached hydrogens (tertiary/aromatic N) is 2. The number of aromatic nitrogens is 1. The first-order valence-electron chi connectivity index (χ1n) is 10.3. The van der Waals surface area contributed by atoms with Crippen molar-refractivity contribution in [1.29, 1.82) is 0 Å². The maximum atomic E-state index is 13.1. The van der Waals surface area contributed by atoms with Gasteiger partial charge in [-0.1, -0.05) is 48.5 Å². The number of furan rings is 1. The lowest BCUT2D eigenvalue weighted by Gasteiger charge is -2.22. The molecule has 0 aliphatic heterocycles. The van der Waals surface area contributed by atoms with Gasteiger partial charge in [-0.05, 0) is 47.5 Å². The zero-order chi connectivity index (χ0) is 22.2. The largest absolute Gasteiger partial charge is 0.459 e. The molecule has 0 unspecified atom stereocenters. The third kappa shape index (κ3) is 5.49. The summed E-state index contributed by atoms with van der Waals surface area (Å²) in [6, 6.07) is 26.1. The maximum absolute atomic E-state index is 13.1. The van der Waals surface area contributed by atoms with Crippen LogP contribution in [0.2, 0.25) is 0 Å². The van der Waals surface area contributed by atoms with Crippen LogP contribution in [-0.4, -0.2) is 16.8 Å². The second kappa shape index (κ2) is 10.2. The highest BCUT2D eigenvalue weighted by atomic mass is 16.3. The summed E-state index contributed by atoms with van der Waals surface area (Å²) in [7, 11) is 0. The normalized spacial score (nSPS) is 10.5. The van der Waals surface area contributed by atoms with Crippen molar-refractivity contribution in [2.24, 2.45) is 0 Å². The minimum atomic E-state index is -0.240. The van der Waals surface area contributed by atoms with Crippen molar-refractivity contribution in [3.05, 3.63) is 120 Å². The SMILES string of the molecule is O=C(Cc1cccc(N(Cc2ccccc2)C(=O)c2ccco2)c1)NCc1ccccn1. The Bertz CT molecular complexity index is 1160. The molecule has 4 aromatic rings. The zero-order valence-electron chi connectivity index (χ0n) is 17.5. The van der Waals surface area contributed by atoms with E-state index < -0.39 is 0 Å². The number of anilines is 1. The molecule has 0 spiro atoms. The fraction of sp³-hybridized carbons (Fsp3) is 0.115. The molecule has 6 heteroatoms. The molecule has 2 heterocycles. The number of rotatable bonds is 8. The highest BCUT2D eigenvalue weighted by Crippen LogP contribution is 2.22. The standard InChI is InChI=1S/C26H23N3O3/c30-25(28-18-22-11-4-5-14-27-22)17-21-10-6-12-23(16-21)29(19-20-8-2-1-3-9-20)26(31)24-13-7-15-32-24/h1-16H,17-19H2,(H,28,30). The fourth-order valence-corrected chi connectivity index (χ4v) is 3.35.